The first kappa shape index (κ1) is 15.2. The minimum Gasteiger partial charge on any atom is -0.461 e. The van der Waals surface area contributed by atoms with Crippen molar-refractivity contribution in [3.05, 3.63) is 45.7 Å². The van der Waals surface area contributed by atoms with Crippen LogP contribution in [0.25, 0.3) is 0 Å². The standard InChI is InChI=1S/C15H17NO2S2/c16-10-13(15-19-7-4-8-20-15)9-14(17)18-11-12-5-2-1-3-6-12/h1-3,5-6,10,16H,4,7-9,11H2. The maximum atomic E-state index is 11.9. The number of ether oxygens (including phenoxy) is 1. The van der Waals surface area contributed by atoms with E-state index < -0.39 is 0 Å². The van der Waals surface area contributed by atoms with Crippen LogP contribution in [0.1, 0.15) is 18.4 Å². The minimum absolute atomic E-state index is 0.186. The second-order valence-electron chi connectivity index (χ2n) is 4.33. The molecule has 0 spiro atoms. The molecule has 20 heavy (non-hydrogen) atoms. The number of hydrogen-bond donors (Lipinski definition) is 1. The van der Waals surface area contributed by atoms with Crippen molar-refractivity contribution in [3.63, 3.8) is 0 Å². The van der Waals surface area contributed by atoms with Crippen molar-refractivity contribution in [3.8, 4) is 0 Å². The highest BCUT2D eigenvalue weighted by Gasteiger charge is 2.15. The van der Waals surface area contributed by atoms with Crippen LogP contribution in [0, 0.1) is 5.41 Å². The van der Waals surface area contributed by atoms with Crippen molar-refractivity contribution in [1.82, 2.24) is 0 Å². The van der Waals surface area contributed by atoms with E-state index >= 15 is 0 Å². The van der Waals surface area contributed by atoms with Gasteiger partial charge in [0.15, 0.2) is 0 Å². The smallest absolute Gasteiger partial charge is 0.310 e. The Labute approximate surface area is 127 Å². The van der Waals surface area contributed by atoms with Gasteiger partial charge in [-0.25, -0.2) is 0 Å². The van der Waals surface area contributed by atoms with Crippen molar-refractivity contribution in [1.29, 1.82) is 5.41 Å². The molecule has 1 aliphatic rings. The van der Waals surface area contributed by atoms with Crippen molar-refractivity contribution >= 4 is 35.7 Å². The Kier molecular flexibility index (Phi) is 6.21. The Bertz CT molecular complexity index is 492. The molecule has 0 radical (unpaired) electrons. The van der Waals surface area contributed by atoms with E-state index in [0.29, 0.717) is 6.61 Å². The first-order valence-electron chi connectivity index (χ1n) is 6.48. The highest BCUT2D eigenvalue weighted by molar-refractivity contribution is 8.22. The highest BCUT2D eigenvalue weighted by atomic mass is 32.2. The van der Waals surface area contributed by atoms with Gasteiger partial charge in [0.25, 0.3) is 0 Å². The van der Waals surface area contributed by atoms with Gasteiger partial charge in [0.2, 0.25) is 0 Å². The van der Waals surface area contributed by atoms with Crippen molar-refractivity contribution in [2.75, 3.05) is 11.5 Å². The molecule has 0 aromatic heterocycles. The highest BCUT2D eigenvalue weighted by Crippen LogP contribution is 2.37. The largest absolute Gasteiger partial charge is 0.461 e. The van der Waals surface area contributed by atoms with Gasteiger partial charge >= 0.3 is 5.97 Å². The Morgan fingerprint density at radius 2 is 1.95 bits per heavy atom. The molecule has 1 fully saturated rings. The summed E-state index contributed by atoms with van der Waals surface area (Å²) in [4.78, 5) is 11.9. The number of esters is 1. The zero-order valence-corrected chi connectivity index (χ0v) is 12.8. The lowest BCUT2D eigenvalue weighted by atomic mass is 10.2. The third kappa shape index (κ3) is 4.72. The van der Waals surface area contributed by atoms with Crippen LogP contribution in [-0.2, 0) is 16.1 Å². The molecule has 1 aromatic rings. The van der Waals surface area contributed by atoms with E-state index in [2.05, 4.69) is 0 Å². The predicted molar refractivity (Wildman–Crippen MR) is 86.2 cm³/mol. The lowest BCUT2D eigenvalue weighted by molar-refractivity contribution is -0.144. The van der Waals surface area contributed by atoms with E-state index in [9.17, 15) is 4.79 Å². The van der Waals surface area contributed by atoms with Crippen molar-refractivity contribution in [2.45, 2.75) is 19.4 Å². The van der Waals surface area contributed by atoms with E-state index in [1.807, 2.05) is 30.3 Å². The predicted octanol–water partition coefficient (Wildman–Crippen LogP) is 3.85. The molecule has 0 bridgehead atoms. The number of carbonyl (C=O) groups is 1. The average Bonchev–Trinajstić information content (AvgIpc) is 2.52. The summed E-state index contributed by atoms with van der Waals surface area (Å²) in [7, 11) is 0. The Balaban J connectivity index is 1.88. The third-order valence-electron chi connectivity index (χ3n) is 2.77. The van der Waals surface area contributed by atoms with Gasteiger partial charge in [-0.2, -0.15) is 0 Å². The average molecular weight is 307 g/mol. The first-order chi connectivity index (χ1) is 9.79. The Morgan fingerprint density at radius 1 is 1.25 bits per heavy atom. The van der Waals surface area contributed by atoms with E-state index in [1.165, 1.54) is 12.6 Å². The molecule has 0 unspecified atom stereocenters. The van der Waals surface area contributed by atoms with Crippen LogP contribution in [0.2, 0.25) is 0 Å². The van der Waals surface area contributed by atoms with Crippen LogP contribution in [0.4, 0.5) is 0 Å². The quantitative estimate of drug-likeness (QED) is 0.663. The molecular formula is C15H17NO2S2. The lowest BCUT2D eigenvalue weighted by Gasteiger charge is -2.15. The molecule has 3 nitrogen and oxygen atoms in total. The number of rotatable bonds is 5. The molecule has 0 amide bonds. The summed E-state index contributed by atoms with van der Waals surface area (Å²) in [5.41, 5.74) is 1.75. The second-order valence-corrected chi connectivity index (χ2v) is 6.80. The van der Waals surface area contributed by atoms with Gasteiger partial charge in [-0.1, -0.05) is 30.3 Å². The van der Waals surface area contributed by atoms with Crippen LogP contribution in [0.5, 0.6) is 0 Å². The summed E-state index contributed by atoms with van der Waals surface area (Å²) >= 11 is 3.47. The maximum absolute atomic E-state index is 11.9. The van der Waals surface area contributed by atoms with E-state index in [1.54, 1.807) is 23.5 Å². The summed E-state index contributed by atoms with van der Waals surface area (Å²) in [6, 6.07) is 9.62. The Hall–Kier alpha value is -1.20. The number of hydrogen-bond acceptors (Lipinski definition) is 5. The fourth-order valence-corrected chi connectivity index (χ4v) is 4.34. The summed E-state index contributed by atoms with van der Waals surface area (Å²) in [5.74, 6) is 1.86. The number of carbonyl (C=O) groups excluding carboxylic acids is 1. The van der Waals surface area contributed by atoms with Crippen LogP contribution < -0.4 is 0 Å². The lowest BCUT2D eigenvalue weighted by Crippen LogP contribution is -2.08. The summed E-state index contributed by atoms with van der Waals surface area (Å²) < 4.78 is 6.36. The van der Waals surface area contributed by atoms with Crippen LogP contribution in [-0.4, -0.2) is 23.7 Å². The SMILES string of the molecule is N=CC(CC(=O)OCc1ccccc1)=C1SCCCS1. The van der Waals surface area contributed by atoms with Gasteiger partial charge in [-0.3, -0.25) is 4.79 Å². The number of benzene rings is 1. The number of nitrogens with one attached hydrogen (secondary N) is 1. The van der Waals surface area contributed by atoms with E-state index in [4.69, 9.17) is 10.1 Å². The van der Waals surface area contributed by atoms with Crippen LogP contribution in [0.15, 0.2) is 40.1 Å². The molecule has 1 N–H and O–H groups in total. The minimum atomic E-state index is -0.272. The second kappa shape index (κ2) is 8.17. The van der Waals surface area contributed by atoms with Gasteiger partial charge in [0.05, 0.1) is 6.42 Å². The molecule has 1 aromatic carbocycles. The van der Waals surface area contributed by atoms with Gasteiger partial charge in [0, 0.05) is 16.0 Å². The van der Waals surface area contributed by atoms with Gasteiger partial charge in [-0.05, 0) is 23.5 Å². The molecule has 2 rings (SSSR count). The molecule has 1 saturated heterocycles. The zero-order valence-electron chi connectivity index (χ0n) is 11.1. The molecule has 106 valence electrons. The van der Waals surface area contributed by atoms with Gasteiger partial charge in [-0.15, -0.1) is 23.5 Å². The van der Waals surface area contributed by atoms with Crippen LogP contribution >= 0.6 is 23.5 Å². The summed E-state index contributed by atoms with van der Waals surface area (Å²) in [5, 5.41) is 7.47. The first-order valence-corrected chi connectivity index (χ1v) is 8.45. The monoisotopic (exact) mass is 307 g/mol. The normalized spacial score (nSPS) is 14.7. The topological polar surface area (TPSA) is 50.2 Å². The van der Waals surface area contributed by atoms with Crippen molar-refractivity contribution < 1.29 is 9.53 Å². The molecule has 0 saturated carbocycles. The fraction of sp³-hybridized carbons (Fsp3) is 0.333. The molecule has 1 heterocycles. The number of thioether (sulfide) groups is 2. The molecule has 0 aliphatic carbocycles. The van der Waals surface area contributed by atoms with Crippen molar-refractivity contribution in [2.24, 2.45) is 0 Å². The summed E-state index contributed by atoms with van der Waals surface area (Å²) in [6.45, 7) is 0.292. The molecule has 0 atom stereocenters. The van der Waals surface area contributed by atoms with Gasteiger partial charge in [0.1, 0.15) is 6.61 Å². The summed E-state index contributed by atoms with van der Waals surface area (Å²) in [6.07, 6.45) is 2.65. The van der Waals surface area contributed by atoms with Crippen LogP contribution in [0.3, 0.4) is 0 Å². The van der Waals surface area contributed by atoms with Gasteiger partial charge < -0.3 is 10.1 Å². The molecular weight excluding hydrogens is 290 g/mol. The third-order valence-corrected chi connectivity index (χ3v) is 5.51. The molecule has 5 heteroatoms. The van der Waals surface area contributed by atoms with E-state index in [0.717, 1.165) is 26.9 Å². The maximum Gasteiger partial charge on any atom is 0.310 e. The van der Waals surface area contributed by atoms with E-state index in [-0.39, 0.29) is 12.4 Å². The molecule has 1 aliphatic heterocycles. The zero-order chi connectivity index (χ0) is 14.2. The fourth-order valence-electron chi connectivity index (χ4n) is 1.74. The Morgan fingerprint density at radius 3 is 2.60 bits per heavy atom.